The molecule has 2 aliphatic rings. The number of carbonyl (C=O) groups is 1. The Labute approximate surface area is 157 Å². The molecule has 0 bridgehead atoms. The summed E-state index contributed by atoms with van der Waals surface area (Å²) in [5.74, 6) is 1.39. The molecule has 1 aromatic rings. The summed E-state index contributed by atoms with van der Waals surface area (Å²) in [6.45, 7) is 3.14. The largest absolute Gasteiger partial charge is 0.492 e. The number of hydrogen-bond donors (Lipinski definition) is 1. The molecule has 0 radical (unpaired) electrons. The van der Waals surface area contributed by atoms with E-state index < -0.39 is 0 Å². The number of rotatable bonds is 6. The molecule has 5 nitrogen and oxygen atoms in total. The maximum atomic E-state index is 11.7. The van der Waals surface area contributed by atoms with Crippen LogP contribution in [-0.2, 0) is 9.53 Å². The highest BCUT2D eigenvalue weighted by atomic mass is 16.5. The summed E-state index contributed by atoms with van der Waals surface area (Å²) in [6, 6.07) is 8.36. The second-order valence-corrected chi connectivity index (χ2v) is 7.84. The highest BCUT2D eigenvalue weighted by Gasteiger charge is 2.41. The van der Waals surface area contributed by atoms with Gasteiger partial charge in [0.2, 0.25) is 5.91 Å². The molecule has 0 spiro atoms. The molecule has 1 amide bonds. The number of carbonyl (C=O) groups excluding carboxylic acids is 1. The van der Waals surface area contributed by atoms with Crippen molar-refractivity contribution in [1.82, 2.24) is 10.2 Å². The fourth-order valence-corrected chi connectivity index (χ4v) is 4.27. The lowest BCUT2D eigenvalue weighted by Crippen LogP contribution is -2.50. The molecule has 0 unspecified atom stereocenters. The number of ether oxygens (including phenoxy) is 2. The van der Waals surface area contributed by atoms with Crippen LogP contribution >= 0.6 is 0 Å². The van der Waals surface area contributed by atoms with Gasteiger partial charge in [0.25, 0.3) is 0 Å². The van der Waals surface area contributed by atoms with Crippen LogP contribution in [0.3, 0.4) is 0 Å². The van der Waals surface area contributed by atoms with Crippen LogP contribution in [0.25, 0.3) is 0 Å². The van der Waals surface area contributed by atoms with Gasteiger partial charge in [0.05, 0.1) is 12.2 Å². The molecule has 3 rings (SSSR count). The van der Waals surface area contributed by atoms with Crippen LogP contribution in [0.5, 0.6) is 5.75 Å². The van der Waals surface area contributed by atoms with Gasteiger partial charge in [-0.25, -0.2) is 0 Å². The molecule has 26 heavy (non-hydrogen) atoms. The van der Waals surface area contributed by atoms with Crippen LogP contribution in [0, 0.1) is 5.92 Å². The summed E-state index contributed by atoms with van der Waals surface area (Å²) in [4.78, 5) is 13.8. The van der Waals surface area contributed by atoms with Crippen LogP contribution < -0.4 is 10.1 Å². The minimum atomic E-state index is -0.0262. The third-order valence-electron chi connectivity index (χ3n) is 5.53. The summed E-state index contributed by atoms with van der Waals surface area (Å²) >= 11 is 0. The van der Waals surface area contributed by atoms with Crippen LogP contribution in [0.2, 0.25) is 0 Å². The smallest absolute Gasteiger partial charge is 0.217 e. The van der Waals surface area contributed by atoms with Gasteiger partial charge in [-0.05, 0) is 39.4 Å². The van der Waals surface area contributed by atoms with Crippen molar-refractivity contribution in [2.24, 2.45) is 5.92 Å². The summed E-state index contributed by atoms with van der Waals surface area (Å²) < 4.78 is 12.6. The number of para-hydroxylation sites is 1. The molecule has 1 aliphatic heterocycles. The van der Waals surface area contributed by atoms with Gasteiger partial charge in [0, 0.05) is 31.0 Å². The molecular weight excluding hydrogens is 328 g/mol. The van der Waals surface area contributed by atoms with E-state index in [-0.39, 0.29) is 24.2 Å². The quantitative estimate of drug-likeness (QED) is 0.847. The van der Waals surface area contributed by atoms with E-state index >= 15 is 0 Å². The molecule has 0 aromatic heterocycles. The molecule has 2 fully saturated rings. The van der Waals surface area contributed by atoms with Crippen molar-refractivity contribution in [3.63, 3.8) is 0 Å². The summed E-state index contributed by atoms with van der Waals surface area (Å²) in [6.07, 6.45) is 5.69. The van der Waals surface area contributed by atoms with Crippen LogP contribution in [-0.4, -0.2) is 50.2 Å². The van der Waals surface area contributed by atoms with Gasteiger partial charge in [-0.1, -0.05) is 31.0 Å². The number of nitrogens with zero attached hydrogens (tertiary/aromatic N) is 1. The average Bonchev–Trinajstić information content (AvgIpc) is 2.61. The third-order valence-corrected chi connectivity index (χ3v) is 5.53. The monoisotopic (exact) mass is 360 g/mol. The van der Waals surface area contributed by atoms with Crippen molar-refractivity contribution < 1.29 is 14.3 Å². The predicted octanol–water partition coefficient (Wildman–Crippen LogP) is 3.15. The van der Waals surface area contributed by atoms with Gasteiger partial charge in [-0.15, -0.1) is 0 Å². The minimum absolute atomic E-state index is 0.0262. The molecule has 1 saturated heterocycles. The topological polar surface area (TPSA) is 50.8 Å². The van der Waals surface area contributed by atoms with E-state index in [1.54, 1.807) is 6.92 Å². The van der Waals surface area contributed by atoms with Crippen molar-refractivity contribution in [2.75, 3.05) is 27.2 Å². The lowest BCUT2D eigenvalue weighted by Gasteiger charge is -2.45. The van der Waals surface area contributed by atoms with E-state index in [4.69, 9.17) is 9.47 Å². The third kappa shape index (κ3) is 4.77. The Morgan fingerprint density at radius 1 is 1.27 bits per heavy atom. The highest BCUT2D eigenvalue weighted by Crippen LogP contribution is 2.43. The summed E-state index contributed by atoms with van der Waals surface area (Å²) in [7, 11) is 4.08. The Balaban J connectivity index is 1.76. The number of benzene rings is 1. The van der Waals surface area contributed by atoms with E-state index in [1.807, 2.05) is 32.3 Å². The minimum Gasteiger partial charge on any atom is -0.492 e. The van der Waals surface area contributed by atoms with Gasteiger partial charge in [-0.2, -0.15) is 0 Å². The second-order valence-electron chi connectivity index (χ2n) is 7.84. The fourth-order valence-electron chi connectivity index (χ4n) is 4.27. The Morgan fingerprint density at radius 2 is 2.04 bits per heavy atom. The van der Waals surface area contributed by atoms with Crippen molar-refractivity contribution in [3.8, 4) is 5.75 Å². The van der Waals surface area contributed by atoms with E-state index in [0.29, 0.717) is 12.5 Å². The maximum absolute atomic E-state index is 11.7. The first kappa shape index (κ1) is 19.2. The number of amides is 1. The van der Waals surface area contributed by atoms with Gasteiger partial charge in [-0.3, -0.25) is 4.79 Å². The van der Waals surface area contributed by atoms with Gasteiger partial charge in [0.15, 0.2) is 0 Å². The Morgan fingerprint density at radius 3 is 2.81 bits per heavy atom. The second kappa shape index (κ2) is 8.87. The maximum Gasteiger partial charge on any atom is 0.217 e. The molecule has 1 N–H and O–H groups in total. The van der Waals surface area contributed by atoms with Crippen molar-refractivity contribution in [2.45, 2.75) is 57.3 Å². The first-order valence-electron chi connectivity index (χ1n) is 9.83. The van der Waals surface area contributed by atoms with Crippen molar-refractivity contribution in [1.29, 1.82) is 0 Å². The van der Waals surface area contributed by atoms with E-state index in [2.05, 4.69) is 16.3 Å². The number of nitrogens with one attached hydrogen (secondary N) is 1. The Hall–Kier alpha value is -1.59. The Bertz CT molecular complexity index is 605. The Kier molecular flexibility index (Phi) is 6.54. The molecule has 1 saturated carbocycles. The van der Waals surface area contributed by atoms with E-state index in [9.17, 15) is 4.79 Å². The standard InChI is InChI=1S/C21H32N2O3/c1-15(24)22-18-14-21(26-20-11-7-4-8-16(18)20)17-9-5-6-10-19(17)25-13-12-23(2)3/h5-6,9-10,16,18,20-21H,4,7-8,11-14H2,1-3H3,(H,22,24)/t16-,18+,20+,21+/m0/s1. The van der Waals surface area contributed by atoms with Gasteiger partial charge >= 0.3 is 0 Å². The first-order chi connectivity index (χ1) is 12.5. The molecular formula is C21H32N2O3. The normalized spacial score (nSPS) is 28.5. The molecule has 1 aliphatic carbocycles. The molecule has 1 heterocycles. The fraction of sp³-hybridized carbons (Fsp3) is 0.667. The SMILES string of the molecule is CC(=O)N[C@@H]1C[C@H](c2ccccc2OCCN(C)C)O[C@@H]2CCCC[C@@H]12. The zero-order valence-electron chi connectivity index (χ0n) is 16.2. The zero-order valence-corrected chi connectivity index (χ0v) is 16.2. The number of hydrogen-bond acceptors (Lipinski definition) is 4. The summed E-state index contributed by atoms with van der Waals surface area (Å²) in [5, 5.41) is 3.19. The summed E-state index contributed by atoms with van der Waals surface area (Å²) in [5.41, 5.74) is 1.10. The van der Waals surface area contributed by atoms with Gasteiger partial charge < -0.3 is 19.7 Å². The number of fused-ring (bicyclic) bond motifs is 1. The molecule has 4 atom stereocenters. The molecule has 5 heteroatoms. The lowest BCUT2D eigenvalue weighted by atomic mass is 9.76. The predicted molar refractivity (Wildman–Crippen MR) is 102 cm³/mol. The van der Waals surface area contributed by atoms with Crippen LogP contribution in [0.15, 0.2) is 24.3 Å². The van der Waals surface area contributed by atoms with Crippen LogP contribution in [0.1, 0.15) is 50.7 Å². The molecule has 1 aromatic carbocycles. The van der Waals surface area contributed by atoms with E-state index in [1.165, 1.54) is 12.8 Å². The van der Waals surface area contributed by atoms with E-state index in [0.717, 1.165) is 37.1 Å². The van der Waals surface area contributed by atoms with Gasteiger partial charge in [0.1, 0.15) is 12.4 Å². The van der Waals surface area contributed by atoms with Crippen molar-refractivity contribution in [3.05, 3.63) is 29.8 Å². The molecule has 144 valence electrons. The highest BCUT2D eigenvalue weighted by molar-refractivity contribution is 5.73. The van der Waals surface area contributed by atoms with Crippen molar-refractivity contribution >= 4 is 5.91 Å². The first-order valence-corrected chi connectivity index (χ1v) is 9.83. The number of likely N-dealkylation sites (N-methyl/N-ethyl adjacent to an activating group) is 1. The lowest BCUT2D eigenvalue weighted by molar-refractivity contribution is -0.131. The zero-order chi connectivity index (χ0) is 18.5. The van der Waals surface area contributed by atoms with Crippen LogP contribution in [0.4, 0.5) is 0 Å². The average molecular weight is 360 g/mol.